The Morgan fingerprint density at radius 3 is 3.07 bits per heavy atom. The molecule has 0 radical (unpaired) electrons. The first-order valence-electron chi connectivity index (χ1n) is 4.44. The molecule has 0 spiro atoms. The van der Waals surface area contributed by atoms with E-state index in [4.69, 9.17) is 26.3 Å². The zero-order valence-electron chi connectivity index (χ0n) is 7.52. The number of allylic oxidation sites excluding steroid dienone is 2. The molecule has 1 heterocycles. The fraction of sp³-hybridized carbons (Fsp3) is 0.500. The number of rotatable bonds is 3. The maximum absolute atomic E-state index is 8.92. The first-order chi connectivity index (χ1) is 6.74. The fourth-order valence-corrected chi connectivity index (χ4v) is 1.46. The van der Waals surface area contributed by atoms with Crippen LogP contribution >= 0.6 is 11.6 Å². The van der Waals surface area contributed by atoms with Crippen molar-refractivity contribution in [2.75, 3.05) is 13.2 Å². The van der Waals surface area contributed by atoms with E-state index in [2.05, 4.69) is 0 Å². The number of halogens is 1. The maximum atomic E-state index is 8.92. The Labute approximate surface area is 87.6 Å². The van der Waals surface area contributed by atoms with Crippen molar-refractivity contribution in [1.82, 2.24) is 0 Å². The SMILES string of the molecule is N#CC1(Cl)C=CC=C[C@H]1OCC1CO1. The van der Waals surface area contributed by atoms with Gasteiger partial charge in [0.05, 0.1) is 19.3 Å². The van der Waals surface area contributed by atoms with Crippen molar-refractivity contribution in [2.45, 2.75) is 17.1 Å². The van der Waals surface area contributed by atoms with Crippen LogP contribution in [0.25, 0.3) is 0 Å². The van der Waals surface area contributed by atoms with E-state index in [0.717, 1.165) is 6.61 Å². The summed E-state index contributed by atoms with van der Waals surface area (Å²) in [7, 11) is 0. The first-order valence-corrected chi connectivity index (χ1v) is 4.82. The molecule has 3 nitrogen and oxygen atoms in total. The number of epoxide rings is 1. The van der Waals surface area contributed by atoms with Gasteiger partial charge in [-0.25, -0.2) is 0 Å². The predicted octanol–water partition coefficient (Wildman–Crippen LogP) is 1.40. The van der Waals surface area contributed by atoms with E-state index in [9.17, 15) is 0 Å². The van der Waals surface area contributed by atoms with Gasteiger partial charge >= 0.3 is 0 Å². The molecule has 14 heavy (non-hydrogen) atoms. The number of alkyl halides is 1. The van der Waals surface area contributed by atoms with Crippen molar-refractivity contribution in [3.8, 4) is 6.07 Å². The van der Waals surface area contributed by atoms with Crippen LogP contribution in [0.5, 0.6) is 0 Å². The van der Waals surface area contributed by atoms with Crippen LogP contribution in [0.4, 0.5) is 0 Å². The molecule has 0 aromatic heterocycles. The molecule has 0 N–H and O–H groups in total. The van der Waals surface area contributed by atoms with Gasteiger partial charge < -0.3 is 9.47 Å². The topological polar surface area (TPSA) is 45.5 Å². The highest BCUT2D eigenvalue weighted by Gasteiger charge is 2.36. The number of nitrogens with zero attached hydrogens (tertiary/aromatic N) is 1. The van der Waals surface area contributed by atoms with Gasteiger partial charge in [0.25, 0.3) is 0 Å². The Morgan fingerprint density at radius 1 is 1.64 bits per heavy atom. The summed E-state index contributed by atoms with van der Waals surface area (Å²) in [4.78, 5) is -1.07. The van der Waals surface area contributed by atoms with E-state index in [1.54, 1.807) is 18.2 Å². The minimum absolute atomic E-state index is 0.189. The normalized spacial score (nSPS) is 39.4. The lowest BCUT2D eigenvalue weighted by atomic mass is 9.98. The highest BCUT2D eigenvalue weighted by atomic mass is 35.5. The van der Waals surface area contributed by atoms with Crippen LogP contribution in [0.2, 0.25) is 0 Å². The van der Waals surface area contributed by atoms with Crippen LogP contribution in [0.3, 0.4) is 0 Å². The largest absolute Gasteiger partial charge is 0.371 e. The summed E-state index contributed by atoms with van der Waals surface area (Å²) in [6.45, 7) is 1.24. The Morgan fingerprint density at radius 2 is 2.43 bits per heavy atom. The zero-order chi connectivity index (χ0) is 10.0. The molecule has 1 saturated heterocycles. The molecule has 2 rings (SSSR count). The molecular weight excluding hydrogens is 202 g/mol. The zero-order valence-corrected chi connectivity index (χ0v) is 8.28. The Hall–Kier alpha value is -0.820. The Kier molecular flexibility index (Phi) is 2.60. The van der Waals surface area contributed by atoms with Gasteiger partial charge in [-0.2, -0.15) is 5.26 Å². The number of hydrogen-bond donors (Lipinski definition) is 0. The highest BCUT2D eigenvalue weighted by Crippen LogP contribution is 2.28. The molecule has 0 bridgehead atoms. The summed E-state index contributed by atoms with van der Waals surface area (Å²) in [6, 6.07) is 2.04. The van der Waals surface area contributed by atoms with Crippen LogP contribution in [-0.4, -0.2) is 30.3 Å². The molecule has 2 unspecified atom stereocenters. The van der Waals surface area contributed by atoms with Crippen LogP contribution in [-0.2, 0) is 9.47 Å². The van der Waals surface area contributed by atoms with Crippen molar-refractivity contribution in [3.05, 3.63) is 24.3 Å². The average Bonchev–Trinajstić information content (AvgIpc) is 3.00. The van der Waals surface area contributed by atoms with Gasteiger partial charge in [-0.1, -0.05) is 29.8 Å². The van der Waals surface area contributed by atoms with E-state index in [-0.39, 0.29) is 12.2 Å². The van der Waals surface area contributed by atoms with Crippen molar-refractivity contribution >= 4 is 11.6 Å². The molecule has 0 aromatic rings. The summed E-state index contributed by atoms with van der Waals surface area (Å²) in [5.74, 6) is 0. The third-order valence-electron chi connectivity index (χ3n) is 2.19. The van der Waals surface area contributed by atoms with Crippen molar-refractivity contribution in [1.29, 1.82) is 5.26 Å². The molecule has 0 amide bonds. The van der Waals surface area contributed by atoms with Crippen LogP contribution in [0.1, 0.15) is 0 Å². The second-order valence-electron chi connectivity index (χ2n) is 3.33. The van der Waals surface area contributed by atoms with Crippen molar-refractivity contribution in [3.63, 3.8) is 0 Å². The number of hydrogen-bond acceptors (Lipinski definition) is 3. The summed E-state index contributed by atoms with van der Waals surface area (Å²) in [6.07, 6.45) is 6.82. The van der Waals surface area contributed by atoms with Gasteiger partial charge in [-0.05, 0) is 6.08 Å². The van der Waals surface area contributed by atoms with Crippen LogP contribution in [0.15, 0.2) is 24.3 Å². The van der Waals surface area contributed by atoms with E-state index in [0.29, 0.717) is 6.61 Å². The quantitative estimate of drug-likeness (QED) is 0.524. The van der Waals surface area contributed by atoms with Crippen LogP contribution < -0.4 is 0 Å². The highest BCUT2D eigenvalue weighted by molar-refractivity contribution is 6.28. The lowest BCUT2D eigenvalue weighted by Gasteiger charge is -2.25. The Bertz CT molecular complexity index is 317. The second kappa shape index (κ2) is 3.74. The van der Waals surface area contributed by atoms with Crippen molar-refractivity contribution in [2.24, 2.45) is 0 Å². The molecule has 74 valence electrons. The van der Waals surface area contributed by atoms with Crippen LogP contribution in [0, 0.1) is 11.3 Å². The maximum Gasteiger partial charge on any atom is 0.178 e. The van der Waals surface area contributed by atoms with Gasteiger partial charge in [0.15, 0.2) is 4.87 Å². The first kappa shape index (κ1) is 9.72. The monoisotopic (exact) mass is 211 g/mol. The van der Waals surface area contributed by atoms with Gasteiger partial charge in [-0.3, -0.25) is 0 Å². The lowest BCUT2D eigenvalue weighted by Crippen LogP contribution is -2.36. The summed E-state index contributed by atoms with van der Waals surface area (Å²) >= 11 is 6.06. The molecule has 0 aromatic carbocycles. The van der Waals surface area contributed by atoms with E-state index >= 15 is 0 Å². The minimum atomic E-state index is -1.07. The van der Waals surface area contributed by atoms with Crippen molar-refractivity contribution < 1.29 is 9.47 Å². The molecule has 1 fully saturated rings. The van der Waals surface area contributed by atoms with Gasteiger partial charge in [-0.15, -0.1) is 0 Å². The summed E-state index contributed by atoms with van der Waals surface area (Å²) < 4.78 is 10.5. The van der Waals surface area contributed by atoms with E-state index in [1.165, 1.54) is 0 Å². The van der Waals surface area contributed by atoms with Gasteiger partial charge in [0, 0.05) is 0 Å². The molecule has 1 aliphatic carbocycles. The standard InChI is InChI=1S/C10H10ClNO2/c11-10(7-12)4-2-1-3-9(10)14-6-8-5-13-8/h1-4,8-9H,5-6H2/t8?,9-,10?/m1/s1. The third-order valence-corrected chi connectivity index (χ3v) is 2.61. The Balaban J connectivity index is 1.97. The lowest BCUT2D eigenvalue weighted by molar-refractivity contribution is 0.0644. The summed E-state index contributed by atoms with van der Waals surface area (Å²) in [5.41, 5.74) is 0. The van der Waals surface area contributed by atoms with E-state index < -0.39 is 4.87 Å². The predicted molar refractivity (Wildman–Crippen MR) is 52.0 cm³/mol. The molecule has 4 heteroatoms. The molecule has 1 aliphatic heterocycles. The average molecular weight is 212 g/mol. The molecule has 2 aliphatic rings. The fourth-order valence-electron chi connectivity index (χ4n) is 1.25. The smallest absolute Gasteiger partial charge is 0.178 e. The van der Waals surface area contributed by atoms with Gasteiger partial charge in [0.2, 0.25) is 0 Å². The molecule has 0 saturated carbocycles. The van der Waals surface area contributed by atoms with E-state index in [1.807, 2.05) is 12.1 Å². The molecule has 3 atom stereocenters. The molecular formula is C10H10ClNO2. The summed E-state index contributed by atoms with van der Waals surface area (Å²) in [5, 5.41) is 8.92. The second-order valence-corrected chi connectivity index (χ2v) is 3.96. The van der Waals surface area contributed by atoms with Gasteiger partial charge in [0.1, 0.15) is 12.2 Å². The third kappa shape index (κ3) is 1.98. The minimum Gasteiger partial charge on any atom is -0.371 e. The number of nitriles is 1. The number of ether oxygens (including phenoxy) is 2.